The van der Waals surface area contributed by atoms with E-state index in [1.165, 1.54) is 11.1 Å². The van der Waals surface area contributed by atoms with Gasteiger partial charge in [-0.2, -0.15) is 0 Å². The Hall–Kier alpha value is -0.270. The van der Waals surface area contributed by atoms with E-state index >= 15 is 0 Å². The summed E-state index contributed by atoms with van der Waals surface area (Å²) in [6.45, 7) is 0. The third kappa shape index (κ3) is 1.23. The molecule has 0 nitrogen and oxygen atoms in total. The minimum atomic E-state index is 0.836. The van der Waals surface area contributed by atoms with Crippen molar-refractivity contribution >= 4 is 33.6 Å². The van der Waals surface area contributed by atoms with Crippen molar-refractivity contribution in [2.45, 2.75) is 6.42 Å². The van der Waals surface area contributed by atoms with E-state index in [1.807, 2.05) is 6.07 Å². The summed E-state index contributed by atoms with van der Waals surface area (Å²) in [5.41, 5.74) is 2.49. The molecule has 0 saturated heterocycles. The van der Waals surface area contributed by atoms with Gasteiger partial charge in [0.1, 0.15) is 0 Å². The van der Waals surface area contributed by atoms with Gasteiger partial charge in [0.15, 0.2) is 0 Å². The lowest BCUT2D eigenvalue weighted by Gasteiger charge is -2.01. The molecule has 1 aliphatic rings. The molecule has 0 bridgehead atoms. The highest BCUT2D eigenvalue weighted by Gasteiger charge is 2.08. The maximum atomic E-state index is 5.99. The van der Waals surface area contributed by atoms with Crippen LogP contribution in [0.2, 0.25) is 5.02 Å². The van der Waals surface area contributed by atoms with E-state index in [-0.39, 0.29) is 0 Å². The summed E-state index contributed by atoms with van der Waals surface area (Å²) in [6, 6.07) is 4.04. The molecule has 2 heteroatoms. The van der Waals surface area contributed by atoms with Crippen LogP contribution in [0.4, 0.5) is 0 Å². The molecule has 0 unspecified atom stereocenters. The molecule has 0 saturated carbocycles. The van der Waals surface area contributed by atoms with Gasteiger partial charge in [0, 0.05) is 9.50 Å². The third-order valence-corrected chi connectivity index (χ3v) is 2.57. The average Bonchev–Trinajstić information content (AvgIpc) is 2.34. The van der Waals surface area contributed by atoms with E-state index in [1.54, 1.807) is 0 Å². The van der Waals surface area contributed by atoms with Gasteiger partial charge in [0.2, 0.25) is 0 Å². The van der Waals surface area contributed by atoms with Crippen LogP contribution < -0.4 is 0 Å². The van der Waals surface area contributed by atoms with Crippen molar-refractivity contribution in [2.75, 3.05) is 0 Å². The van der Waals surface area contributed by atoms with Crippen molar-refractivity contribution < 1.29 is 0 Å². The van der Waals surface area contributed by atoms with E-state index in [2.05, 4.69) is 34.1 Å². The van der Waals surface area contributed by atoms with Gasteiger partial charge in [-0.05, 0) is 29.7 Å². The molecule has 0 fully saturated rings. The highest BCUT2D eigenvalue weighted by Crippen LogP contribution is 2.30. The Labute approximate surface area is 79.0 Å². The van der Waals surface area contributed by atoms with Crippen molar-refractivity contribution in [3.8, 4) is 0 Å². The first-order valence-electron chi connectivity index (χ1n) is 3.42. The molecule has 0 aliphatic heterocycles. The first-order valence-corrected chi connectivity index (χ1v) is 4.59. The molecule has 56 valence electrons. The molecule has 11 heavy (non-hydrogen) atoms. The van der Waals surface area contributed by atoms with Crippen LogP contribution in [0, 0.1) is 0 Å². The fourth-order valence-corrected chi connectivity index (χ4v) is 2.24. The zero-order valence-corrected chi connectivity index (χ0v) is 8.11. The highest BCUT2D eigenvalue weighted by molar-refractivity contribution is 9.10. The van der Waals surface area contributed by atoms with Crippen LogP contribution >= 0.6 is 27.5 Å². The van der Waals surface area contributed by atoms with E-state index in [4.69, 9.17) is 11.6 Å². The summed E-state index contributed by atoms with van der Waals surface area (Å²) in [5, 5.41) is 0.836. The smallest absolute Gasteiger partial charge is 0.0492 e. The summed E-state index contributed by atoms with van der Waals surface area (Å²) in [7, 11) is 0. The van der Waals surface area contributed by atoms with Crippen LogP contribution in [-0.4, -0.2) is 0 Å². The van der Waals surface area contributed by atoms with E-state index in [9.17, 15) is 0 Å². The van der Waals surface area contributed by atoms with Crippen molar-refractivity contribution in [3.05, 3.63) is 38.8 Å². The maximum absolute atomic E-state index is 5.99. The Morgan fingerprint density at radius 3 is 3.00 bits per heavy atom. The van der Waals surface area contributed by atoms with Crippen LogP contribution in [0.3, 0.4) is 0 Å². The third-order valence-electron chi connectivity index (χ3n) is 1.80. The van der Waals surface area contributed by atoms with E-state index < -0.39 is 0 Å². The Balaban J connectivity index is 2.67. The lowest BCUT2D eigenvalue weighted by molar-refractivity contribution is 1.30. The molecule has 0 spiro atoms. The van der Waals surface area contributed by atoms with Gasteiger partial charge in [-0.15, -0.1) is 0 Å². The molecule has 0 N–H and O–H groups in total. The predicted octanol–water partition coefficient (Wildman–Crippen LogP) is 3.67. The monoisotopic (exact) mass is 228 g/mol. The SMILES string of the molecule is Clc1cc(Br)cc2c1C=CC2. The van der Waals surface area contributed by atoms with Crippen LogP contribution in [0.5, 0.6) is 0 Å². The summed E-state index contributed by atoms with van der Waals surface area (Å²) in [4.78, 5) is 0. The average molecular weight is 230 g/mol. The lowest BCUT2D eigenvalue weighted by atomic mass is 10.1. The summed E-state index contributed by atoms with van der Waals surface area (Å²) in [5.74, 6) is 0. The molecule has 0 amide bonds. The standard InChI is InChI=1S/C9H6BrCl/c10-7-4-6-2-1-3-8(6)9(11)5-7/h1,3-5H,2H2. The van der Waals surface area contributed by atoms with Crippen LogP contribution in [-0.2, 0) is 6.42 Å². The molecule has 1 aromatic carbocycles. The first kappa shape index (κ1) is 7.38. The molecule has 1 aliphatic carbocycles. The second kappa shape index (κ2) is 2.65. The maximum Gasteiger partial charge on any atom is 0.0492 e. The summed E-state index contributed by atoms with van der Waals surface area (Å²) >= 11 is 9.40. The molecular formula is C9H6BrCl. The molecule has 2 rings (SSSR count). The molecule has 1 aromatic rings. The van der Waals surface area contributed by atoms with Gasteiger partial charge in [-0.25, -0.2) is 0 Å². The van der Waals surface area contributed by atoms with Crippen molar-refractivity contribution in [1.29, 1.82) is 0 Å². The van der Waals surface area contributed by atoms with E-state index in [0.29, 0.717) is 0 Å². The van der Waals surface area contributed by atoms with Crippen LogP contribution in [0.15, 0.2) is 22.7 Å². The predicted molar refractivity (Wildman–Crippen MR) is 51.9 cm³/mol. The molecular weight excluding hydrogens is 223 g/mol. The van der Waals surface area contributed by atoms with Crippen molar-refractivity contribution in [1.82, 2.24) is 0 Å². The Morgan fingerprint density at radius 1 is 1.36 bits per heavy atom. The zero-order chi connectivity index (χ0) is 7.84. The Bertz CT molecular complexity index is 329. The van der Waals surface area contributed by atoms with Gasteiger partial charge in [-0.1, -0.05) is 39.7 Å². The number of hydrogen-bond donors (Lipinski definition) is 0. The fraction of sp³-hybridized carbons (Fsp3) is 0.111. The van der Waals surface area contributed by atoms with E-state index in [0.717, 1.165) is 15.9 Å². The summed E-state index contributed by atoms with van der Waals surface area (Å²) in [6.07, 6.45) is 5.21. The van der Waals surface area contributed by atoms with Crippen LogP contribution in [0.25, 0.3) is 6.08 Å². The van der Waals surface area contributed by atoms with Gasteiger partial charge in [-0.3, -0.25) is 0 Å². The Morgan fingerprint density at radius 2 is 2.18 bits per heavy atom. The minimum absolute atomic E-state index is 0.836. The number of halogens is 2. The normalized spacial score (nSPS) is 13.6. The molecule has 0 atom stereocenters. The van der Waals surface area contributed by atoms with Gasteiger partial charge >= 0.3 is 0 Å². The second-order valence-electron chi connectivity index (χ2n) is 2.57. The number of fused-ring (bicyclic) bond motifs is 1. The first-order chi connectivity index (χ1) is 5.27. The second-order valence-corrected chi connectivity index (χ2v) is 3.89. The zero-order valence-electron chi connectivity index (χ0n) is 5.77. The Kier molecular flexibility index (Phi) is 1.78. The van der Waals surface area contributed by atoms with Crippen LogP contribution in [0.1, 0.15) is 11.1 Å². The number of benzene rings is 1. The molecule has 0 aromatic heterocycles. The molecule has 0 heterocycles. The van der Waals surface area contributed by atoms with Gasteiger partial charge < -0.3 is 0 Å². The highest BCUT2D eigenvalue weighted by atomic mass is 79.9. The topological polar surface area (TPSA) is 0 Å². The number of allylic oxidation sites excluding steroid dienone is 1. The molecule has 0 radical (unpaired) electrons. The van der Waals surface area contributed by atoms with Gasteiger partial charge in [0.25, 0.3) is 0 Å². The summed E-state index contributed by atoms with van der Waals surface area (Å²) < 4.78 is 1.06. The number of hydrogen-bond acceptors (Lipinski definition) is 0. The minimum Gasteiger partial charge on any atom is -0.0836 e. The van der Waals surface area contributed by atoms with Crippen molar-refractivity contribution in [3.63, 3.8) is 0 Å². The fourth-order valence-electron chi connectivity index (χ4n) is 1.30. The van der Waals surface area contributed by atoms with Gasteiger partial charge in [0.05, 0.1) is 0 Å². The largest absolute Gasteiger partial charge is 0.0836 e. The lowest BCUT2D eigenvalue weighted by Crippen LogP contribution is -1.82. The number of rotatable bonds is 0. The quantitative estimate of drug-likeness (QED) is 0.637. The van der Waals surface area contributed by atoms with Crippen molar-refractivity contribution in [2.24, 2.45) is 0 Å².